The van der Waals surface area contributed by atoms with E-state index in [0.29, 0.717) is 0 Å². The number of rotatable bonds is 2. The second kappa shape index (κ2) is 8.09. The second-order valence-electron chi connectivity index (χ2n) is 7.30. The predicted octanol–water partition coefficient (Wildman–Crippen LogP) is 5.17. The molecule has 1 aromatic rings. The SMILES string of the molecule is CC(C)(C)c1ccc(/C=C/C2=C(C#N)C(=C(C#N)C#N)NC(C(F)(F)F)=C2)cc1. The van der Waals surface area contributed by atoms with Gasteiger partial charge in [0.1, 0.15) is 23.9 Å². The van der Waals surface area contributed by atoms with E-state index in [1.807, 2.05) is 29.6 Å². The molecule has 0 atom stereocenters. The van der Waals surface area contributed by atoms with Gasteiger partial charge < -0.3 is 5.32 Å². The summed E-state index contributed by atoms with van der Waals surface area (Å²) in [5, 5.41) is 29.5. The van der Waals surface area contributed by atoms with Gasteiger partial charge in [-0.25, -0.2) is 0 Å². The largest absolute Gasteiger partial charge is 0.431 e. The summed E-state index contributed by atoms with van der Waals surface area (Å²) in [5.74, 6) is 0. The summed E-state index contributed by atoms with van der Waals surface area (Å²) in [6, 6.07) is 12.3. The van der Waals surface area contributed by atoms with Crippen LogP contribution in [0.3, 0.4) is 0 Å². The van der Waals surface area contributed by atoms with Crippen LogP contribution >= 0.6 is 0 Å². The third-order valence-electron chi connectivity index (χ3n) is 4.22. The summed E-state index contributed by atoms with van der Waals surface area (Å²) in [7, 11) is 0. The average molecular weight is 394 g/mol. The lowest BCUT2D eigenvalue weighted by molar-refractivity contribution is -0.0959. The van der Waals surface area contributed by atoms with Gasteiger partial charge in [0, 0.05) is 0 Å². The maximum Gasteiger partial charge on any atom is 0.431 e. The molecule has 1 aliphatic heterocycles. The maximum absolute atomic E-state index is 13.3. The lowest BCUT2D eigenvalue weighted by atomic mass is 9.86. The first-order valence-electron chi connectivity index (χ1n) is 8.55. The van der Waals surface area contributed by atoms with Gasteiger partial charge >= 0.3 is 6.18 Å². The van der Waals surface area contributed by atoms with Gasteiger partial charge in [-0.1, -0.05) is 57.2 Å². The van der Waals surface area contributed by atoms with Crippen molar-refractivity contribution < 1.29 is 13.2 Å². The summed E-state index contributed by atoms with van der Waals surface area (Å²) in [5.41, 5.74) is -0.664. The Kier molecular flexibility index (Phi) is 6.01. The van der Waals surface area contributed by atoms with E-state index in [2.05, 4.69) is 20.8 Å². The van der Waals surface area contributed by atoms with Crippen molar-refractivity contribution in [3.05, 3.63) is 75.7 Å². The minimum Gasteiger partial charge on any atom is -0.349 e. The molecule has 0 saturated heterocycles. The Hall–Kier alpha value is -3.76. The number of benzene rings is 1. The molecule has 4 nitrogen and oxygen atoms in total. The average Bonchev–Trinajstić information content (AvgIpc) is 2.66. The zero-order valence-electron chi connectivity index (χ0n) is 16.0. The Morgan fingerprint density at radius 2 is 1.55 bits per heavy atom. The van der Waals surface area contributed by atoms with Crippen molar-refractivity contribution in [2.75, 3.05) is 0 Å². The van der Waals surface area contributed by atoms with Crippen molar-refractivity contribution in [2.24, 2.45) is 0 Å². The lowest BCUT2D eigenvalue weighted by Crippen LogP contribution is -2.30. The molecule has 1 heterocycles. The molecule has 0 fully saturated rings. The van der Waals surface area contributed by atoms with Crippen molar-refractivity contribution in [1.29, 1.82) is 15.8 Å². The molecule has 0 bridgehead atoms. The number of hydrogen-bond acceptors (Lipinski definition) is 4. The van der Waals surface area contributed by atoms with Gasteiger partial charge in [-0.2, -0.15) is 29.0 Å². The molecule has 29 heavy (non-hydrogen) atoms. The number of nitrogens with one attached hydrogen (secondary N) is 1. The number of nitrogens with zero attached hydrogens (tertiary/aromatic N) is 3. The minimum atomic E-state index is -4.74. The first kappa shape index (κ1) is 21.5. The number of halogens is 3. The molecule has 0 saturated carbocycles. The van der Waals surface area contributed by atoms with Crippen LogP contribution in [-0.4, -0.2) is 6.18 Å². The fourth-order valence-corrected chi connectivity index (χ4v) is 2.61. The second-order valence-corrected chi connectivity index (χ2v) is 7.30. The zero-order chi connectivity index (χ0) is 21.8. The fraction of sp³-hybridized carbons (Fsp3) is 0.227. The predicted molar refractivity (Wildman–Crippen MR) is 102 cm³/mol. The first-order valence-corrected chi connectivity index (χ1v) is 8.55. The Morgan fingerprint density at radius 3 is 2.00 bits per heavy atom. The van der Waals surface area contributed by atoms with E-state index >= 15 is 0 Å². The van der Waals surface area contributed by atoms with E-state index in [1.165, 1.54) is 18.2 Å². The van der Waals surface area contributed by atoms with Gasteiger partial charge in [0.05, 0.1) is 11.3 Å². The molecule has 7 heteroatoms. The summed E-state index contributed by atoms with van der Waals surface area (Å²) in [4.78, 5) is 0. The molecule has 2 rings (SSSR count). The quantitative estimate of drug-likeness (QED) is 0.702. The van der Waals surface area contributed by atoms with E-state index in [1.54, 1.807) is 12.1 Å². The molecule has 0 spiro atoms. The summed E-state index contributed by atoms with van der Waals surface area (Å²) >= 11 is 0. The van der Waals surface area contributed by atoms with Crippen LogP contribution in [0.4, 0.5) is 13.2 Å². The van der Waals surface area contributed by atoms with Crippen LogP contribution in [0.1, 0.15) is 31.9 Å². The van der Waals surface area contributed by atoms with Crippen LogP contribution in [0.5, 0.6) is 0 Å². The molecule has 1 aromatic carbocycles. The van der Waals surface area contributed by atoms with Crippen molar-refractivity contribution in [3.8, 4) is 18.2 Å². The van der Waals surface area contributed by atoms with E-state index in [0.717, 1.165) is 17.2 Å². The van der Waals surface area contributed by atoms with Gasteiger partial charge in [0.15, 0.2) is 5.57 Å². The van der Waals surface area contributed by atoms with E-state index in [-0.39, 0.29) is 16.6 Å². The molecule has 0 aromatic heterocycles. The normalized spacial score (nSPS) is 14.6. The highest BCUT2D eigenvalue weighted by atomic mass is 19.4. The van der Waals surface area contributed by atoms with Crippen LogP contribution in [-0.2, 0) is 5.41 Å². The zero-order valence-corrected chi connectivity index (χ0v) is 16.0. The summed E-state index contributed by atoms with van der Waals surface area (Å²) < 4.78 is 39.8. The molecule has 1 aliphatic rings. The Bertz CT molecular complexity index is 1040. The topological polar surface area (TPSA) is 83.4 Å². The fourth-order valence-electron chi connectivity index (χ4n) is 2.61. The molecule has 0 aliphatic carbocycles. The standard InChI is InChI=1S/C22H17F3N4/c1-21(2,3)17-8-5-14(6-9-17)4-7-15-10-19(22(23,24)25)29-20(18(15)13-28)16(11-26)12-27/h4-10,29H,1-3H3/b7-4+. The highest BCUT2D eigenvalue weighted by molar-refractivity contribution is 5.66. The van der Waals surface area contributed by atoms with Crippen molar-refractivity contribution >= 4 is 6.08 Å². The third-order valence-corrected chi connectivity index (χ3v) is 4.22. The number of allylic oxidation sites excluding steroid dienone is 6. The van der Waals surface area contributed by atoms with Crippen molar-refractivity contribution in [2.45, 2.75) is 32.4 Å². The van der Waals surface area contributed by atoms with Gasteiger partial charge in [-0.3, -0.25) is 0 Å². The van der Waals surface area contributed by atoms with Crippen LogP contribution in [0.2, 0.25) is 0 Å². The molecular weight excluding hydrogens is 377 g/mol. The number of alkyl halides is 3. The van der Waals surface area contributed by atoms with Crippen LogP contribution in [0.15, 0.2) is 64.5 Å². The van der Waals surface area contributed by atoms with Gasteiger partial charge in [-0.15, -0.1) is 0 Å². The minimum absolute atomic E-state index is 0.0389. The van der Waals surface area contributed by atoms with Gasteiger partial charge in [0.2, 0.25) is 0 Å². The highest BCUT2D eigenvalue weighted by Crippen LogP contribution is 2.33. The number of nitriles is 3. The van der Waals surface area contributed by atoms with Crippen molar-refractivity contribution in [1.82, 2.24) is 5.32 Å². The Labute approximate surface area is 167 Å². The first-order chi connectivity index (χ1) is 13.5. The van der Waals surface area contributed by atoms with Crippen molar-refractivity contribution in [3.63, 3.8) is 0 Å². The number of hydrogen-bond donors (Lipinski definition) is 1. The van der Waals surface area contributed by atoms with Gasteiger partial charge in [0.25, 0.3) is 0 Å². The van der Waals surface area contributed by atoms with Gasteiger partial charge in [-0.05, 0) is 28.2 Å². The Balaban J connectivity index is 2.57. The van der Waals surface area contributed by atoms with Crippen LogP contribution in [0.25, 0.3) is 6.08 Å². The van der Waals surface area contributed by atoms with E-state index in [9.17, 15) is 18.4 Å². The van der Waals surface area contributed by atoms with Crippen LogP contribution in [0, 0.1) is 34.0 Å². The van der Waals surface area contributed by atoms with E-state index < -0.39 is 23.1 Å². The maximum atomic E-state index is 13.3. The summed E-state index contributed by atoms with van der Waals surface area (Å²) in [6.45, 7) is 6.20. The molecule has 0 radical (unpaired) electrons. The molecule has 146 valence electrons. The lowest BCUT2D eigenvalue weighted by Gasteiger charge is -2.22. The monoisotopic (exact) mass is 394 g/mol. The molecule has 1 N–H and O–H groups in total. The van der Waals surface area contributed by atoms with Crippen LogP contribution < -0.4 is 5.32 Å². The molecule has 0 amide bonds. The summed E-state index contributed by atoms with van der Waals surface area (Å²) in [6.07, 6.45) is -1.02. The molecule has 0 unspecified atom stereocenters. The Morgan fingerprint density at radius 1 is 0.966 bits per heavy atom. The van der Waals surface area contributed by atoms with E-state index in [4.69, 9.17) is 10.5 Å². The third kappa shape index (κ3) is 4.94. The highest BCUT2D eigenvalue weighted by Gasteiger charge is 2.37. The molecular formula is C22H17F3N4. The number of dihydropyridines is 1. The smallest absolute Gasteiger partial charge is 0.349 e.